The number of amides is 1. The number of nitro benzene ring substituents is 1. The van der Waals surface area contributed by atoms with Crippen molar-refractivity contribution in [1.82, 2.24) is 0 Å². The second-order valence-corrected chi connectivity index (χ2v) is 5.50. The zero-order chi connectivity index (χ0) is 19.6. The van der Waals surface area contributed by atoms with Crippen molar-refractivity contribution in [1.29, 1.82) is 0 Å². The lowest BCUT2D eigenvalue weighted by Gasteiger charge is -2.09. The van der Waals surface area contributed by atoms with Gasteiger partial charge in [0.2, 0.25) is 0 Å². The Morgan fingerprint density at radius 1 is 1.15 bits per heavy atom. The van der Waals surface area contributed by atoms with Crippen molar-refractivity contribution in [3.63, 3.8) is 0 Å². The molecule has 0 saturated carbocycles. The van der Waals surface area contributed by atoms with Crippen molar-refractivity contribution in [2.75, 3.05) is 11.9 Å². The Balaban J connectivity index is 1.79. The van der Waals surface area contributed by atoms with Crippen molar-refractivity contribution < 1.29 is 29.1 Å². The number of non-ortho nitro benzene ring substituents is 1. The van der Waals surface area contributed by atoms with E-state index in [1.54, 1.807) is 24.3 Å². The van der Waals surface area contributed by atoms with Crippen molar-refractivity contribution >= 4 is 23.4 Å². The molecule has 0 atom stereocenters. The van der Waals surface area contributed by atoms with E-state index in [4.69, 9.17) is 14.6 Å². The Morgan fingerprint density at radius 3 is 2.56 bits per heavy atom. The monoisotopic (exact) mass is 374 g/mol. The molecule has 0 bridgehead atoms. The molecule has 2 rings (SSSR count). The summed E-state index contributed by atoms with van der Waals surface area (Å²) in [4.78, 5) is 32.3. The highest BCUT2D eigenvalue weighted by Crippen LogP contribution is 2.17. The average Bonchev–Trinajstić information content (AvgIpc) is 2.64. The van der Waals surface area contributed by atoms with Gasteiger partial charge < -0.3 is 14.6 Å². The largest absolute Gasteiger partial charge is 0.494 e. The Morgan fingerprint density at radius 2 is 1.89 bits per heavy atom. The van der Waals surface area contributed by atoms with Crippen LogP contribution in [0.25, 0.3) is 0 Å². The number of carboxylic acids is 1. The summed E-state index contributed by atoms with van der Waals surface area (Å²) in [6.07, 6.45) is -0.268. The third kappa shape index (κ3) is 7.02. The fourth-order valence-electron chi connectivity index (χ4n) is 2.11. The number of hydrogen-bond donors (Lipinski definition) is 2. The maximum absolute atomic E-state index is 11.8. The van der Waals surface area contributed by atoms with Gasteiger partial charge in [-0.1, -0.05) is 12.1 Å². The first-order chi connectivity index (χ1) is 12.9. The zero-order valence-corrected chi connectivity index (χ0v) is 14.3. The van der Waals surface area contributed by atoms with E-state index >= 15 is 0 Å². The van der Waals surface area contributed by atoms with Gasteiger partial charge in [0.1, 0.15) is 12.4 Å². The Hall–Kier alpha value is -3.62. The molecule has 0 saturated heterocycles. The maximum Gasteiger partial charge on any atom is 0.411 e. The molecule has 9 heteroatoms. The molecular weight excluding hydrogens is 356 g/mol. The fraction of sp³-hybridized carbons (Fsp3) is 0.222. The molecule has 0 aromatic heterocycles. The number of benzene rings is 2. The number of carbonyl (C=O) groups is 2. The number of hydrogen-bond acceptors (Lipinski definition) is 6. The van der Waals surface area contributed by atoms with Gasteiger partial charge in [-0.15, -0.1) is 0 Å². The topological polar surface area (TPSA) is 128 Å². The Bertz CT molecular complexity index is 806. The number of anilines is 1. The third-order valence-electron chi connectivity index (χ3n) is 3.40. The van der Waals surface area contributed by atoms with Gasteiger partial charge in [0.05, 0.1) is 11.5 Å². The molecule has 0 aliphatic rings. The van der Waals surface area contributed by atoms with E-state index in [0.29, 0.717) is 23.4 Å². The van der Waals surface area contributed by atoms with Crippen LogP contribution < -0.4 is 10.1 Å². The van der Waals surface area contributed by atoms with Gasteiger partial charge in [0.15, 0.2) is 0 Å². The lowest BCUT2D eigenvalue weighted by molar-refractivity contribution is -0.384. The fourth-order valence-corrected chi connectivity index (χ4v) is 2.11. The molecule has 2 aromatic rings. The molecule has 2 N–H and O–H groups in total. The maximum atomic E-state index is 11.8. The van der Waals surface area contributed by atoms with E-state index in [9.17, 15) is 19.7 Å². The molecule has 1 amide bonds. The molecule has 0 aliphatic heterocycles. The molecule has 0 unspecified atom stereocenters. The summed E-state index contributed by atoms with van der Waals surface area (Å²) >= 11 is 0. The third-order valence-corrected chi connectivity index (χ3v) is 3.40. The van der Waals surface area contributed by atoms with Crippen molar-refractivity contribution in [3.8, 4) is 5.75 Å². The van der Waals surface area contributed by atoms with Gasteiger partial charge >= 0.3 is 12.1 Å². The van der Waals surface area contributed by atoms with Crippen LogP contribution in [0.5, 0.6) is 5.75 Å². The first-order valence-corrected chi connectivity index (χ1v) is 8.06. The van der Waals surface area contributed by atoms with Gasteiger partial charge in [0, 0.05) is 24.2 Å². The van der Waals surface area contributed by atoms with Crippen LogP contribution in [0.1, 0.15) is 18.4 Å². The number of aliphatic carboxylic acids is 1. The molecule has 2 aromatic carbocycles. The summed E-state index contributed by atoms with van der Waals surface area (Å²) in [6.45, 7) is 0.280. The van der Waals surface area contributed by atoms with Crippen LogP contribution in [-0.2, 0) is 16.1 Å². The summed E-state index contributed by atoms with van der Waals surface area (Å²) in [5, 5.41) is 21.6. The molecule has 0 aliphatic carbocycles. The molecule has 27 heavy (non-hydrogen) atoms. The number of nitro groups is 1. The van der Waals surface area contributed by atoms with Crippen molar-refractivity contribution in [3.05, 3.63) is 64.2 Å². The number of carbonyl (C=O) groups excluding carboxylic acids is 1. The van der Waals surface area contributed by atoms with Crippen LogP contribution in [-0.4, -0.2) is 28.7 Å². The second kappa shape index (κ2) is 9.76. The van der Waals surface area contributed by atoms with Crippen LogP contribution in [0.15, 0.2) is 48.5 Å². The van der Waals surface area contributed by atoms with Crippen LogP contribution in [0.4, 0.5) is 16.2 Å². The predicted molar refractivity (Wildman–Crippen MR) is 95.7 cm³/mol. The van der Waals surface area contributed by atoms with Gasteiger partial charge in [-0.2, -0.15) is 0 Å². The zero-order valence-electron chi connectivity index (χ0n) is 14.3. The highest BCUT2D eigenvalue weighted by atomic mass is 16.6. The highest BCUT2D eigenvalue weighted by Gasteiger charge is 2.08. The first kappa shape index (κ1) is 19.7. The predicted octanol–water partition coefficient (Wildman–Crippen LogP) is 3.59. The van der Waals surface area contributed by atoms with Gasteiger partial charge in [0.25, 0.3) is 5.69 Å². The van der Waals surface area contributed by atoms with Gasteiger partial charge in [-0.25, -0.2) is 4.79 Å². The van der Waals surface area contributed by atoms with Crippen molar-refractivity contribution in [2.45, 2.75) is 19.4 Å². The molecular formula is C18H18N2O7. The average molecular weight is 374 g/mol. The molecule has 0 fully saturated rings. The van der Waals surface area contributed by atoms with Crippen LogP contribution >= 0.6 is 0 Å². The number of carboxylic acid groups (broad SMARTS) is 1. The Kier molecular flexibility index (Phi) is 7.12. The van der Waals surface area contributed by atoms with Crippen LogP contribution in [0.2, 0.25) is 0 Å². The lowest BCUT2D eigenvalue weighted by Crippen LogP contribution is -2.13. The minimum absolute atomic E-state index is 0.00510. The quantitative estimate of drug-likeness (QED) is 0.390. The van der Waals surface area contributed by atoms with Gasteiger partial charge in [-0.3, -0.25) is 20.2 Å². The molecule has 0 spiro atoms. The second-order valence-electron chi connectivity index (χ2n) is 5.50. The van der Waals surface area contributed by atoms with E-state index in [-0.39, 0.29) is 25.3 Å². The lowest BCUT2D eigenvalue weighted by atomic mass is 10.2. The summed E-state index contributed by atoms with van der Waals surface area (Å²) in [6, 6.07) is 12.3. The van der Waals surface area contributed by atoms with E-state index in [1.165, 1.54) is 24.3 Å². The summed E-state index contributed by atoms with van der Waals surface area (Å²) in [5.74, 6) is -0.322. The number of ether oxygens (including phenoxy) is 2. The highest BCUT2D eigenvalue weighted by molar-refractivity contribution is 5.84. The van der Waals surface area contributed by atoms with Crippen molar-refractivity contribution in [2.24, 2.45) is 0 Å². The van der Waals surface area contributed by atoms with Crippen LogP contribution in [0, 0.1) is 10.1 Å². The van der Waals surface area contributed by atoms with Crippen LogP contribution in [0.3, 0.4) is 0 Å². The van der Waals surface area contributed by atoms with Gasteiger partial charge in [-0.05, 0) is 36.2 Å². The number of nitrogens with zero attached hydrogens (tertiary/aromatic N) is 1. The summed E-state index contributed by atoms with van der Waals surface area (Å²) in [5.41, 5.74) is 1.000. The molecule has 9 nitrogen and oxygen atoms in total. The molecule has 0 radical (unpaired) electrons. The van der Waals surface area contributed by atoms with E-state index in [0.717, 1.165) is 0 Å². The van der Waals surface area contributed by atoms with E-state index in [2.05, 4.69) is 5.32 Å². The molecule has 142 valence electrons. The normalized spacial score (nSPS) is 10.1. The Labute approximate surface area is 154 Å². The van der Waals surface area contributed by atoms with E-state index < -0.39 is 17.0 Å². The number of rotatable bonds is 9. The smallest absolute Gasteiger partial charge is 0.411 e. The first-order valence-electron chi connectivity index (χ1n) is 8.06. The SMILES string of the molecule is O=C(O)CCCOc1cccc(COC(=O)Nc2ccc([N+](=O)[O-])cc2)c1. The minimum atomic E-state index is -0.875. The summed E-state index contributed by atoms with van der Waals surface area (Å²) < 4.78 is 10.6. The standard InChI is InChI=1S/C18H18N2O7/c21-17(22)5-2-10-26-16-4-1-3-13(11-16)12-27-18(23)19-14-6-8-15(9-7-14)20(24)25/h1,3-4,6-9,11H,2,5,10,12H2,(H,19,23)(H,21,22). The number of nitrogens with one attached hydrogen (secondary N) is 1. The summed E-state index contributed by atoms with van der Waals surface area (Å²) in [7, 11) is 0. The minimum Gasteiger partial charge on any atom is -0.494 e. The van der Waals surface area contributed by atoms with E-state index in [1.807, 2.05) is 0 Å². The molecule has 0 heterocycles.